The molecule has 0 radical (unpaired) electrons. The van der Waals surface area contributed by atoms with Gasteiger partial charge in [-0.05, 0) is 129 Å². The van der Waals surface area contributed by atoms with E-state index in [-0.39, 0.29) is 11.5 Å². The van der Waals surface area contributed by atoms with Gasteiger partial charge in [0.2, 0.25) is 0 Å². The van der Waals surface area contributed by atoms with Crippen LogP contribution in [0.3, 0.4) is 0 Å². The third kappa shape index (κ3) is 3.02. The molecule has 164 valence electrons. The van der Waals surface area contributed by atoms with Crippen molar-refractivity contribution in [2.45, 2.75) is 84.7 Å². The van der Waals surface area contributed by atoms with Crippen molar-refractivity contribution in [2.75, 3.05) is 6.61 Å². The summed E-state index contributed by atoms with van der Waals surface area (Å²) in [6, 6.07) is 0. The van der Waals surface area contributed by atoms with Gasteiger partial charge in [-0.25, -0.2) is 0 Å². The Bertz CT molecular complexity index is 638. The molecule has 0 bridgehead atoms. The van der Waals surface area contributed by atoms with Gasteiger partial charge in [0.1, 0.15) is 0 Å². The minimum Gasteiger partial charge on any atom is -0.396 e. The second-order valence-electron chi connectivity index (χ2n) is 12.4. The van der Waals surface area contributed by atoms with Crippen LogP contribution in [0.5, 0.6) is 0 Å². The van der Waals surface area contributed by atoms with E-state index >= 15 is 0 Å². The number of aliphatic hydroxyl groups excluding tert-OH is 2. The molecule has 5 aliphatic carbocycles. The second-order valence-corrected chi connectivity index (χ2v) is 12.4. The lowest BCUT2D eigenvalue weighted by atomic mass is 9.45. The molecule has 2 heteroatoms. The molecule has 0 heterocycles. The smallest absolute Gasteiger partial charge is 0.0594 e. The summed E-state index contributed by atoms with van der Waals surface area (Å²) in [5.41, 5.74) is 1.48. The highest BCUT2D eigenvalue weighted by atomic mass is 16.3. The topological polar surface area (TPSA) is 40.5 Å². The molecule has 29 heavy (non-hydrogen) atoms. The summed E-state index contributed by atoms with van der Waals surface area (Å²) in [7, 11) is 0. The van der Waals surface area contributed by atoms with Crippen molar-refractivity contribution in [3.8, 4) is 0 Å². The van der Waals surface area contributed by atoms with Gasteiger partial charge < -0.3 is 10.2 Å². The molecule has 0 saturated heterocycles. The zero-order valence-electron chi connectivity index (χ0n) is 19.0. The van der Waals surface area contributed by atoms with Crippen LogP contribution in [0.15, 0.2) is 12.2 Å². The molecule has 11 atom stereocenters. The van der Waals surface area contributed by atoms with Gasteiger partial charge in [-0.3, -0.25) is 0 Å². The van der Waals surface area contributed by atoms with Crippen LogP contribution in [0.4, 0.5) is 0 Å². The van der Waals surface area contributed by atoms with Crippen molar-refractivity contribution >= 4 is 0 Å². The summed E-state index contributed by atoms with van der Waals surface area (Å²) in [6.07, 6.45) is 11.7. The molecule has 0 aromatic rings. The Kier molecular flexibility index (Phi) is 5.22. The SMILES string of the molecule is C=C(C)[C@@H]1C[C@H](CO)[C@@H]2CC[C@@H]3[C@@H]4CC[C@@H]5[C@H](CC[C@H](O)C5(C)C)[C@@H]4CC[C@@H]3[C@H]21. The highest BCUT2D eigenvalue weighted by Gasteiger charge is 2.58. The molecule has 5 fully saturated rings. The van der Waals surface area contributed by atoms with Crippen molar-refractivity contribution in [1.82, 2.24) is 0 Å². The maximum atomic E-state index is 10.7. The largest absolute Gasteiger partial charge is 0.396 e. The first-order chi connectivity index (χ1) is 13.8. The van der Waals surface area contributed by atoms with E-state index in [1.165, 1.54) is 56.9 Å². The number of aliphatic hydroxyl groups is 2. The Balaban J connectivity index is 1.39. The third-order valence-electron chi connectivity index (χ3n) is 11.3. The molecule has 5 rings (SSSR count). The summed E-state index contributed by atoms with van der Waals surface area (Å²) in [4.78, 5) is 0. The summed E-state index contributed by atoms with van der Waals surface area (Å²) < 4.78 is 0. The first-order valence-electron chi connectivity index (χ1n) is 12.8. The predicted octanol–water partition coefficient (Wildman–Crippen LogP) is 5.68. The first kappa shape index (κ1) is 20.6. The Labute approximate surface area is 178 Å². The van der Waals surface area contributed by atoms with Crippen molar-refractivity contribution in [3.05, 3.63) is 12.2 Å². The average molecular weight is 401 g/mol. The minimum atomic E-state index is -0.0997. The van der Waals surface area contributed by atoms with Crippen LogP contribution in [0.25, 0.3) is 0 Å². The molecule has 2 N–H and O–H groups in total. The zero-order chi connectivity index (χ0) is 20.5. The Morgan fingerprint density at radius 2 is 1.38 bits per heavy atom. The van der Waals surface area contributed by atoms with Crippen LogP contribution < -0.4 is 0 Å². The number of allylic oxidation sites excluding steroid dienone is 1. The molecule has 0 unspecified atom stereocenters. The monoisotopic (exact) mass is 400 g/mol. The van der Waals surface area contributed by atoms with Gasteiger partial charge in [0.15, 0.2) is 0 Å². The Morgan fingerprint density at radius 1 is 0.828 bits per heavy atom. The molecule has 0 aromatic heterocycles. The average Bonchev–Trinajstić information content (AvgIpc) is 3.09. The molecular formula is C27H44O2. The number of rotatable bonds is 2. The molecule has 0 aliphatic heterocycles. The van der Waals surface area contributed by atoms with Crippen LogP contribution in [-0.2, 0) is 0 Å². The van der Waals surface area contributed by atoms with Gasteiger partial charge in [-0.1, -0.05) is 26.0 Å². The molecule has 5 aliphatic rings. The molecule has 0 aromatic carbocycles. The van der Waals surface area contributed by atoms with E-state index in [9.17, 15) is 10.2 Å². The lowest BCUT2D eigenvalue weighted by Gasteiger charge is -2.60. The van der Waals surface area contributed by atoms with E-state index in [0.29, 0.717) is 18.4 Å². The minimum absolute atomic E-state index is 0.0997. The van der Waals surface area contributed by atoms with E-state index in [2.05, 4.69) is 27.4 Å². The lowest BCUT2D eigenvalue weighted by molar-refractivity contribution is -0.134. The van der Waals surface area contributed by atoms with Crippen molar-refractivity contribution in [2.24, 2.45) is 64.6 Å². The summed E-state index contributed by atoms with van der Waals surface area (Å²) in [5.74, 6) is 7.96. The zero-order valence-corrected chi connectivity index (χ0v) is 19.0. The third-order valence-corrected chi connectivity index (χ3v) is 11.3. The van der Waals surface area contributed by atoms with E-state index in [4.69, 9.17) is 0 Å². The van der Waals surface area contributed by atoms with Gasteiger partial charge in [-0.2, -0.15) is 0 Å². The quantitative estimate of drug-likeness (QED) is 0.585. The molecular weight excluding hydrogens is 356 g/mol. The van der Waals surface area contributed by atoms with Gasteiger partial charge in [-0.15, -0.1) is 0 Å². The molecule has 0 amide bonds. The maximum absolute atomic E-state index is 10.7. The van der Waals surface area contributed by atoms with E-state index in [1.54, 1.807) is 0 Å². The van der Waals surface area contributed by atoms with Crippen LogP contribution in [0.1, 0.15) is 78.6 Å². The van der Waals surface area contributed by atoms with Crippen LogP contribution in [0, 0.1) is 64.6 Å². The number of fused-ring (bicyclic) bond motifs is 7. The number of hydrogen-bond acceptors (Lipinski definition) is 2. The highest BCUT2D eigenvalue weighted by Crippen LogP contribution is 2.65. The fraction of sp³-hybridized carbons (Fsp3) is 0.926. The summed E-state index contributed by atoms with van der Waals surface area (Å²) in [6.45, 7) is 11.7. The maximum Gasteiger partial charge on any atom is 0.0594 e. The second kappa shape index (κ2) is 7.37. The predicted molar refractivity (Wildman–Crippen MR) is 118 cm³/mol. The molecule has 0 spiro atoms. The Morgan fingerprint density at radius 3 is 2.07 bits per heavy atom. The first-order valence-corrected chi connectivity index (χ1v) is 12.8. The van der Waals surface area contributed by atoms with Crippen LogP contribution >= 0.6 is 0 Å². The summed E-state index contributed by atoms with van der Waals surface area (Å²) in [5, 5.41) is 20.7. The molecule has 2 nitrogen and oxygen atoms in total. The van der Waals surface area contributed by atoms with Crippen molar-refractivity contribution in [1.29, 1.82) is 0 Å². The van der Waals surface area contributed by atoms with Crippen LogP contribution in [-0.4, -0.2) is 22.9 Å². The van der Waals surface area contributed by atoms with Crippen molar-refractivity contribution in [3.63, 3.8) is 0 Å². The van der Waals surface area contributed by atoms with Gasteiger partial charge in [0, 0.05) is 6.61 Å². The van der Waals surface area contributed by atoms with Crippen molar-refractivity contribution < 1.29 is 10.2 Å². The van der Waals surface area contributed by atoms with E-state index < -0.39 is 0 Å². The fourth-order valence-corrected chi connectivity index (χ4v) is 9.95. The Hall–Kier alpha value is -0.340. The molecule has 5 saturated carbocycles. The normalized spacial score (nSPS) is 53.3. The number of hydrogen-bond donors (Lipinski definition) is 2. The lowest BCUT2D eigenvalue weighted by Crippen LogP contribution is -2.54. The van der Waals surface area contributed by atoms with Gasteiger partial charge in [0.05, 0.1) is 6.10 Å². The van der Waals surface area contributed by atoms with Gasteiger partial charge >= 0.3 is 0 Å². The van der Waals surface area contributed by atoms with Crippen LogP contribution in [0.2, 0.25) is 0 Å². The van der Waals surface area contributed by atoms with E-state index in [1.807, 2.05) is 0 Å². The van der Waals surface area contributed by atoms with Gasteiger partial charge in [0.25, 0.3) is 0 Å². The standard InChI is InChI=1S/C27H44O2/c1-15(2)23-13-16(14-28)17-5-6-20-18-9-11-24-21(10-12-25(29)27(24,3)4)19(18)7-8-22(20)26(17)23/h16-26,28-29H,1,5-14H2,2-4H3/t16-,17+,18-,19-,20-,21-,22+,23+,24-,25+,26+/m1/s1. The highest BCUT2D eigenvalue weighted by molar-refractivity contribution is 5.12. The van der Waals surface area contributed by atoms with E-state index in [0.717, 1.165) is 53.8 Å². The fourth-order valence-electron chi connectivity index (χ4n) is 9.95. The summed E-state index contributed by atoms with van der Waals surface area (Å²) >= 11 is 0.